The number of rotatable bonds is 0. The van der Waals surface area contributed by atoms with E-state index < -0.39 is 5.92 Å². The topological polar surface area (TPSA) is 57.9 Å². The van der Waals surface area contributed by atoms with Crippen LogP contribution in [0.1, 0.15) is 38.2 Å². The first-order chi connectivity index (χ1) is 10.7. The minimum absolute atomic E-state index is 0.0228. The predicted molar refractivity (Wildman–Crippen MR) is 83.5 cm³/mol. The van der Waals surface area contributed by atoms with Crippen LogP contribution >= 0.6 is 11.8 Å². The Bertz CT molecular complexity index is 852. The van der Waals surface area contributed by atoms with Crippen LogP contribution in [0.2, 0.25) is 0 Å². The third-order valence-electron chi connectivity index (χ3n) is 4.40. The van der Waals surface area contributed by atoms with Crippen LogP contribution in [0, 0.1) is 17.2 Å². The molecule has 1 saturated heterocycles. The normalized spacial score (nSPS) is 25.7. The summed E-state index contributed by atoms with van der Waals surface area (Å²) in [6.07, 6.45) is 0. The smallest absolute Gasteiger partial charge is 0.207 e. The standard InChI is InChI=1S/C18H11NO2S/c19-9-14-15-10-5-1-2-6-11(10)16(20)12-7-3-4-8-13(12)17(15)22-18(14)21/h1-8,14-15,17H/t14-,15-,17+/m0/s1. The van der Waals surface area contributed by atoms with Crippen molar-refractivity contribution in [2.24, 2.45) is 5.92 Å². The van der Waals surface area contributed by atoms with Gasteiger partial charge in [0.25, 0.3) is 0 Å². The van der Waals surface area contributed by atoms with Crippen LogP contribution in [0.3, 0.4) is 0 Å². The fraction of sp³-hybridized carbons (Fsp3) is 0.167. The van der Waals surface area contributed by atoms with Gasteiger partial charge in [-0.1, -0.05) is 60.3 Å². The van der Waals surface area contributed by atoms with Crippen LogP contribution in [0.15, 0.2) is 48.5 Å². The maximum atomic E-state index is 12.9. The number of thioether (sulfide) groups is 1. The summed E-state index contributed by atoms with van der Waals surface area (Å²) in [5.41, 5.74) is 2.93. The summed E-state index contributed by atoms with van der Waals surface area (Å²) < 4.78 is 0. The zero-order valence-electron chi connectivity index (χ0n) is 11.5. The number of carbonyl (C=O) groups is 2. The molecule has 0 unspecified atom stereocenters. The number of nitrogens with zero attached hydrogens (tertiary/aromatic N) is 1. The molecule has 1 aliphatic heterocycles. The van der Waals surface area contributed by atoms with Gasteiger partial charge in [-0.15, -0.1) is 0 Å². The van der Waals surface area contributed by atoms with E-state index in [4.69, 9.17) is 0 Å². The highest BCUT2D eigenvalue weighted by Gasteiger charge is 2.48. The van der Waals surface area contributed by atoms with Crippen LogP contribution < -0.4 is 0 Å². The monoisotopic (exact) mass is 305 g/mol. The second kappa shape index (κ2) is 4.82. The van der Waals surface area contributed by atoms with Crippen LogP contribution in [-0.2, 0) is 4.79 Å². The van der Waals surface area contributed by atoms with E-state index in [0.29, 0.717) is 11.1 Å². The Morgan fingerprint density at radius 2 is 1.50 bits per heavy atom. The summed E-state index contributed by atoms with van der Waals surface area (Å²) >= 11 is 1.19. The molecule has 2 aromatic rings. The predicted octanol–water partition coefficient (Wildman–Crippen LogP) is 3.47. The molecule has 0 N–H and O–H groups in total. The molecule has 106 valence electrons. The quantitative estimate of drug-likeness (QED) is 0.748. The first-order valence-electron chi connectivity index (χ1n) is 7.05. The second-order valence-corrected chi connectivity index (χ2v) is 6.64. The van der Waals surface area contributed by atoms with Gasteiger partial charge in [-0.05, 0) is 11.1 Å². The molecule has 3 nitrogen and oxygen atoms in total. The van der Waals surface area contributed by atoms with E-state index in [1.165, 1.54) is 11.8 Å². The van der Waals surface area contributed by atoms with Gasteiger partial charge in [-0.3, -0.25) is 9.59 Å². The third kappa shape index (κ3) is 1.69. The molecule has 2 aliphatic rings. The van der Waals surface area contributed by atoms with E-state index in [0.717, 1.165) is 11.1 Å². The van der Waals surface area contributed by atoms with Crippen molar-refractivity contribution in [3.8, 4) is 6.07 Å². The van der Waals surface area contributed by atoms with E-state index in [2.05, 4.69) is 6.07 Å². The Morgan fingerprint density at radius 1 is 0.909 bits per heavy atom. The summed E-state index contributed by atoms with van der Waals surface area (Å²) in [6.45, 7) is 0. The zero-order valence-corrected chi connectivity index (χ0v) is 12.3. The molecule has 2 aromatic carbocycles. The van der Waals surface area contributed by atoms with Gasteiger partial charge in [0.05, 0.1) is 6.07 Å². The average Bonchev–Trinajstić information content (AvgIpc) is 2.85. The van der Waals surface area contributed by atoms with Gasteiger partial charge < -0.3 is 0 Å². The Morgan fingerprint density at radius 3 is 2.18 bits per heavy atom. The largest absolute Gasteiger partial charge is 0.289 e. The first kappa shape index (κ1) is 13.3. The van der Waals surface area contributed by atoms with Crippen molar-refractivity contribution < 1.29 is 9.59 Å². The molecule has 0 amide bonds. The van der Waals surface area contributed by atoms with Crippen molar-refractivity contribution in [1.29, 1.82) is 5.26 Å². The van der Waals surface area contributed by atoms with Gasteiger partial charge in [0.2, 0.25) is 5.12 Å². The van der Waals surface area contributed by atoms with E-state index in [-0.39, 0.29) is 22.1 Å². The van der Waals surface area contributed by atoms with Gasteiger partial charge in [0.15, 0.2) is 5.78 Å². The maximum absolute atomic E-state index is 12.9. The second-order valence-electron chi connectivity index (χ2n) is 5.49. The van der Waals surface area contributed by atoms with E-state index in [1.54, 1.807) is 6.07 Å². The fourth-order valence-corrected chi connectivity index (χ4v) is 4.80. The van der Waals surface area contributed by atoms with Gasteiger partial charge in [-0.25, -0.2) is 0 Å². The number of hydrogen-bond donors (Lipinski definition) is 0. The summed E-state index contributed by atoms with van der Waals surface area (Å²) in [5, 5.41) is 9.17. The number of nitriles is 1. The molecule has 1 fully saturated rings. The van der Waals surface area contributed by atoms with Crippen molar-refractivity contribution in [2.75, 3.05) is 0 Å². The highest BCUT2D eigenvalue weighted by Crippen LogP contribution is 2.56. The minimum atomic E-state index is -0.699. The highest BCUT2D eigenvalue weighted by molar-refractivity contribution is 8.14. The number of hydrogen-bond acceptors (Lipinski definition) is 4. The number of benzene rings is 2. The average molecular weight is 305 g/mol. The molecular formula is C18H11NO2S. The molecule has 22 heavy (non-hydrogen) atoms. The van der Waals surface area contributed by atoms with Crippen molar-refractivity contribution in [3.05, 3.63) is 70.8 Å². The molecular weight excluding hydrogens is 294 g/mol. The fourth-order valence-electron chi connectivity index (χ4n) is 3.42. The van der Waals surface area contributed by atoms with Gasteiger partial charge in [-0.2, -0.15) is 5.26 Å². The molecule has 0 saturated carbocycles. The van der Waals surface area contributed by atoms with Crippen LogP contribution in [0.25, 0.3) is 0 Å². The molecule has 4 rings (SSSR count). The van der Waals surface area contributed by atoms with E-state index in [9.17, 15) is 14.9 Å². The van der Waals surface area contributed by atoms with Crippen molar-refractivity contribution in [3.63, 3.8) is 0 Å². The molecule has 0 bridgehead atoms. The molecule has 1 aliphatic carbocycles. The molecule has 1 heterocycles. The van der Waals surface area contributed by atoms with Crippen LogP contribution in [0.5, 0.6) is 0 Å². The van der Waals surface area contributed by atoms with Crippen molar-refractivity contribution in [1.82, 2.24) is 0 Å². The lowest BCUT2D eigenvalue weighted by Gasteiger charge is -2.19. The lowest BCUT2D eigenvalue weighted by molar-refractivity contribution is -0.112. The highest BCUT2D eigenvalue weighted by atomic mass is 32.2. The van der Waals surface area contributed by atoms with Crippen LogP contribution in [0.4, 0.5) is 0 Å². The molecule has 4 heteroatoms. The SMILES string of the molecule is N#C[C@@H]1C(=O)S[C@@H]2c3ccccc3C(=O)c3ccccc3[C@@H]12. The van der Waals surface area contributed by atoms with Crippen molar-refractivity contribution in [2.45, 2.75) is 11.2 Å². The molecule has 0 aromatic heterocycles. The summed E-state index contributed by atoms with van der Waals surface area (Å²) in [6, 6.07) is 16.9. The van der Waals surface area contributed by atoms with E-state index in [1.807, 2.05) is 42.5 Å². The maximum Gasteiger partial charge on any atom is 0.207 e. The van der Waals surface area contributed by atoms with E-state index >= 15 is 0 Å². The Balaban J connectivity index is 2.05. The Kier molecular flexibility index (Phi) is 2.91. The number of ketones is 1. The van der Waals surface area contributed by atoms with Crippen LogP contribution in [-0.4, -0.2) is 10.9 Å². The van der Waals surface area contributed by atoms with Crippen molar-refractivity contribution >= 4 is 22.7 Å². The first-order valence-corrected chi connectivity index (χ1v) is 7.93. The Labute approximate surface area is 132 Å². The van der Waals surface area contributed by atoms with Gasteiger partial charge in [0.1, 0.15) is 5.92 Å². The van der Waals surface area contributed by atoms with Gasteiger partial charge in [0, 0.05) is 22.3 Å². The lowest BCUT2D eigenvalue weighted by atomic mass is 9.82. The van der Waals surface area contributed by atoms with Gasteiger partial charge >= 0.3 is 0 Å². The molecule has 0 radical (unpaired) electrons. The lowest BCUT2D eigenvalue weighted by Crippen LogP contribution is -2.14. The number of carbonyl (C=O) groups excluding carboxylic acids is 2. The summed E-state index contributed by atoms with van der Waals surface area (Å²) in [4.78, 5) is 25.1. The summed E-state index contributed by atoms with van der Waals surface area (Å²) in [5.74, 6) is -0.980. The molecule has 0 spiro atoms. The number of fused-ring (bicyclic) bond motifs is 5. The third-order valence-corrected chi connectivity index (χ3v) is 5.69. The molecule has 3 atom stereocenters. The minimum Gasteiger partial charge on any atom is -0.289 e. The Hall–Kier alpha value is -2.38. The summed E-state index contributed by atoms with van der Waals surface area (Å²) in [7, 11) is 0. The zero-order chi connectivity index (χ0) is 15.3.